The van der Waals surface area contributed by atoms with Gasteiger partial charge < -0.3 is 15.4 Å². The molecular weight excluding hydrogens is 374 g/mol. The summed E-state index contributed by atoms with van der Waals surface area (Å²) in [6.07, 6.45) is 1.22. The quantitative estimate of drug-likeness (QED) is 0.422. The Labute approximate surface area is 168 Å². The summed E-state index contributed by atoms with van der Waals surface area (Å²) >= 11 is 0. The van der Waals surface area contributed by atoms with Crippen LogP contribution in [0.15, 0.2) is 46.3 Å². The number of nitrogens with zero attached hydrogens (tertiary/aromatic N) is 1. The van der Waals surface area contributed by atoms with Gasteiger partial charge in [0.2, 0.25) is 0 Å². The highest BCUT2D eigenvalue weighted by Crippen LogP contribution is 2.17. The zero-order valence-electron chi connectivity index (χ0n) is 17.2. The minimum atomic E-state index is -3.20. The summed E-state index contributed by atoms with van der Waals surface area (Å²) in [6, 6.07) is 11.5. The number of benzene rings is 2. The second-order valence-electron chi connectivity index (χ2n) is 6.90. The monoisotopic (exact) mass is 403 g/mol. The van der Waals surface area contributed by atoms with Crippen LogP contribution in [0.25, 0.3) is 0 Å². The number of aliphatic imine (C=N–C) groups is 1. The van der Waals surface area contributed by atoms with E-state index >= 15 is 0 Å². The summed E-state index contributed by atoms with van der Waals surface area (Å²) in [4.78, 5) is 4.56. The fourth-order valence-electron chi connectivity index (χ4n) is 3.00. The number of nitrogens with one attached hydrogen (secondary N) is 2. The Kier molecular flexibility index (Phi) is 7.45. The molecule has 0 aliphatic carbocycles. The molecule has 0 heterocycles. The van der Waals surface area contributed by atoms with Crippen molar-refractivity contribution in [3.05, 3.63) is 58.7 Å². The van der Waals surface area contributed by atoms with Crippen LogP contribution in [0, 0.1) is 20.8 Å². The van der Waals surface area contributed by atoms with Gasteiger partial charge in [0.1, 0.15) is 12.4 Å². The average molecular weight is 404 g/mol. The van der Waals surface area contributed by atoms with Gasteiger partial charge in [0, 0.05) is 19.8 Å². The molecule has 2 aromatic rings. The van der Waals surface area contributed by atoms with E-state index in [0.29, 0.717) is 30.6 Å². The lowest BCUT2D eigenvalue weighted by Crippen LogP contribution is -2.38. The van der Waals surface area contributed by atoms with Crippen LogP contribution >= 0.6 is 0 Å². The molecule has 0 saturated carbocycles. The summed E-state index contributed by atoms with van der Waals surface area (Å²) in [5.74, 6) is 1.53. The Morgan fingerprint density at radius 1 is 1.04 bits per heavy atom. The molecule has 7 heteroatoms. The molecule has 6 nitrogen and oxygen atoms in total. The molecule has 0 spiro atoms. The van der Waals surface area contributed by atoms with E-state index in [0.717, 1.165) is 16.9 Å². The largest absolute Gasteiger partial charge is 0.492 e. The summed E-state index contributed by atoms with van der Waals surface area (Å²) in [6.45, 7) is 7.58. The molecule has 0 saturated heterocycles. The predicted molar refractivity (Wildman–Crippen MR) is 114 cm³/mol. The Hall–Kier alpha value is -2.54. The van der Waals surface area contributed by atoms with Crippen molar-refractivity contribution >= 4 is 15.8 Å². The number of hydrogen-bond acceptors (Lipinski definition) is 4. The summed E-state index contributed by atoms with van der Waals surface area (Å²) in [5, 5.41) is 6.43. The van der Waals surface area contributed by atoms with E-state index in [1.54, 1.807) is 20.0 Å². The summed E-state index contributed by atoms with van der Waals surface area (Å²) in [5.41, 5.74) is 4.08. The molecule has 0 atom stereocenters. The van der Waals surface area contributed by atoms with Gasteiger partial charge in [0.25, 0.3) is 0 Å². The lowest BCUT2D eigenvalue weighted by atomic mass is 10.1. The van der Waals surface area contributed by atoms with Crippen LogP contribution in [-0.2, 0) is 16.4 Å². The second kappa shape index (κ2) is 9.59. The van der Waals surface area contributed by atoms with E-state index in [2.05, 4.69) is 21.7 Å². The molecule has 2 rings (SSSR count). The van der Waals surface area contributed by atoms with Crippen LogP contribution in [-0.4, -0.2) is 40.8 Å². The van der Waals surface area contributed by atoms with Gasteiger partial charge >= 0.3 is 0 Å². The Morgan fingerprint density at radius 3 is 2.29 bits per heavy atom. The van der Waals surface area contributed by atoms with E-state index in [9.17, 15) is 8.42 Å². The smallest absolute Gasteiger partial charge is 0.191 e. The zero-order chi connectivity index (χ0) is 20.7. The van der Waals surface area contributed by atoms with Crippen molar-refractivity contribution in [2.75, 3.05) is 26.5 Å². The summed E-state index contributed by atoms with van der Waals surface area (Å²) in [7, 11) is -1.49. The molecule has 0 amide bonds. The van der Waals surface area contributed by atoms with Gasteiger partial charge in [0.05, 0.1) is 11.4 Å². The minimum Gasteiger partial charge on any atom is -0.492 e. The number of hydrogen-bond donors (Lipinski definition) is 2. The van der Waals surface area contributed by atoms with Crippen molar-refractivity contribution in [2.45, 2.75) is 32.2 Å². The van der Waals surface area contributed by atoms with E-state index in [1.165, 1.54) is 17.4 Å². The lowest BCUT2D eigenvalue weighted by molar-refractivity contribution is 0.321. The molecule has 0 radical (unpaired) electrons. The lowest BCUT2D eigenvalue weighted by Gasteiger charge is -2.14. The molecule has 152 valence electrons. The van der Waals surface area contributed by atoms with Crippen molar-refractivity contribution in [2.24, 2.45) is 4.99 Å². The first kappa shape index (κ1) is 21.8. The highest BCUT2D eigenvalue weighted by molar-refractivity contribution is 7.90. The van der Waals surface area contributed by atoms with Crippen LogP contribution in [0.3, 0.4) is 0 Å². The number of rotatable bonds is 7. The number of aryl methyl sites for hydroxylation is 3. The zero-order valence-corrected chi connectivity index (χ0v) is 18.0. The Bertz CT molecular complexity index is 933. The van der Waals surface area contributed by atoms with E-state index in [-0.39, 0.29) is 0 Å². The SMILES string of the molecule is CN=C(NCCOc1cc(C)cc(C)c1)NCc1ccc(S(C)(=O)=O)c(C)c1. The molecule has 0 fully saturated rings. The van der Waals surface area contributed by atoms with Crippen LogP contribution < -0.4 is 15.4 Å². The molecule has 0 unspecified atom stereocenters. The topological polar surface area (TPSA) is 79.8 Å². The normalized spacial score (nSPS) is 12.0. The molecule has 0 bridgehead atoms. The highest BCUT2D eigenvalue weighted by Gasteiger charge is 2.11. The molecule has 0 aliphatic rings. The maximum Gasteiger partial charge on any atom is 0.191 e. The van der Waals surface area contributed by atoms with Crippen molar-refractivity contribution in [3.63, 3.8) is 0 Å². The van der Waals surface area contributed by atoms with Gasteiger partial charge in [-0.2, -0.15) is 0 Å². The standard InChI is InChI=1S/C21H29N3O3S/c1-15-10-16(2)12-19(11-15)27-9-8-23-21(22-4)24-14-18-6-7-20(17(3)13-18)28(5,25)26/h6-7,10-13H,8-9,14H2,1-5H3,(H2,22,23,24). The summed E-state index contributed by atoms with van der Waals surface area (Å²) < 4.78 is 29.2. The van der Waals surface area contributed by atoms with Gasteiger partial charge in [-0.25, -0.2) is 8.42 Å². The van der Waals surface area contributed by atoms with Crippen molar-refractivity contribution in [1.82, 2.24) is 10.6 Å². The van der Waals surface area contributed by atoms with Crippen molar-refractivity contribution in [1.29, 1.82) is 0 Å². The van der Waals surface area contributed by atoms with Crippen molar-refractivity contribution < 1.29 is 13.2 Å². The highest BCUT2D eigenvalue weighted by atomic mass is 32.2. The molecular formula is C21H29N3O3S. The third-order valence-corrected chi connectivity index (χ3v) is 5.44. The van der Waals surface area contributed by atoms with Crippen LogP contribution in [0.5, 0.6) is 5.75 Å². The maximum atomic E-state index is 11.7. The van der Waals surface area contributed by atoms with Crippen molar-refractivity contribution in [3.8, 4) is 5.75 Å². The van der Waals surface area contributed by atoms with E-state index in [4.69, 9.17) is 4.74 Å². The van der Waals surface area contributed by atoms with Crippen LogP contribution in [0.4, 0.5) is 0 Å². The molecule has 28 heavy (non-hydrogen) atoms. The fourth-order valence-corrected chi connectivity index (χ4v) is 3.96. The first-order valence-corrected chi connectivity index (χ1v) is 11.0. The predicted octanol–water partition coefficient (Wildman–Crippen LogP) is 2.76. The fraction of sp³-hybridized carbons (Fsp3) is 0.381. The van der Waals surface area contributed by atoms with E-state index in [1.807, 2.05) is 38.1 Å². The third-order valence-electron chi connectivity index (χ3n) is 4.18. The number of ether oxygens (including phenoxy) is 1. The van der Waals surface area contributed by atoms with Crippen LogP contribution in [0.1, 0.15) is 22.3 Å². The Balaban J connectivity index is 1.82. The first-order chi connectivity index (χ1) is 13.2. The van der Waals surface area contributed by atoms with E-state index < -0.39 is 9.84 Å². The minimum absolute atomic E-state index is 0.363. The van der Waals surface area contributed by atoms with Gasteiger partial charge in [0.15, 0.2) is 15.8 Å². The first-order valence-electron chi connectivity index (χ1n) is 9.14. The maximum absolute atomic E-state index is 11.7. The molecule has 2 aromatic carbocycles. The second-order valence-corrected chi connectivity index (χ2v) is 8.88. The van der Waals surface area contributed by atoms with Gasteiger partial charge in [-0.3, -0.25) is 4.99 Å². The molecule has 0 aliphatic heterocycles. The Morgan fingerprint density at radius 2 is 1.71 bits per heavy atom. The van der Waals surface area contributed by atoms with Gasteiger partial charge in [-0.05, 0) is 61.2 Å². The third kappa shape index (κ3) is 6.56. The molecule has 2 N–H and O–H groups in total. The van der Waals surface area contributed by atoms with Gasteiger partial charge in [-0.15, -0.1) is 0 Å². The van der Waals surface area contributed by atoms with Crippen LogP contribution in [0.2, 0.25) is 0 Å². The number of sulfone groups is 1. The van der Waals surface area contributed by atoms with Gasteiger partial charge in [-0.1, -0.05) is 18.2 Å². The average Bonchev–Trinajstić information content (AvgIpc) is 2.59. The number of guanidine groups is 1. The molecule has 0 aromatic heterocycles.